The number of halogens is 4. The van der Waals surface area contributed by atoms with E-state index in [2.05, 4.69) is 41.5 Å². The average molecular weight is 717 g/mol. The quantitative estimate of drug-likeness (QED) is 0.0451. The van der Waals surface area contributed by atoms with E-state index in [1.807, 2.05) is 0 Å². The van der Waals surface area contributed by atoms with Gasteiger partial charge in [-0.05, 0) is 64.2 Å². The second kappa shape index (κ2) is 29.2. The first-order valence-electron chi connectivity index (χ1n) is 16.8. The van der Waals surface area contributed by atoms with Gasteiger partial charge in [-0.25, -0.2) is 0 Å². The van der Waals surface area contributed by atoms with Gasteiger partial charge >= 0.3 is 49.6 Å². The van der Waals surface area contributed by atoms with E-state index < -0.39 is 23.3 Å². The number of hydrogen-bond donors (Lipinski definition) is 0. The van der Waals surface area contributed by atoms with Gasteiger partial charge in [-0.15, -0.1) is 0 Å². The van der Waals surface area contributed by atoms with Crippen molar-refractivity contribution in [2.75, 3.05) is 49.3 Å². The van der Waals surface area contributed by atoms with Gasteiger partial charge in [-0.3, -0.25) is 0 Å². The van der Waals surface area contributed by atoms with Crippen LogP contribution in [0.5, 0.6) is 0 Å². The molecule has 0 N–H and O–H groups in total. The molecule has 0 radical (unpaired) electrons. The van der Waals surface area contributed by atoms with Crippen molar-refractivity contribution in [3.63, 3.8) is 0 Å². The summed E-state index contributed by atoms with van der Waals surface area (Å²) in [6.07, 6.45) is 39.5. The fourth-order valence-electron chi connectivity index (χ4n) is 5.90. The van der Waals surface area contributed by atoms with E-state index in [-0.39, 0.29) is 0 Å². The summed E-state index contributed by atoms with van der Waals surface area (Å²) in [7, 11) is 16.0. The van der Waals surface area contributed by atoms with Gasteiger partial charge in [0.1, 0.15) is 0 Å². The van der Waals surface area contributed by atoms with Crippen LogP contribution in [-0.4, -0.2) is 49.3 Å². The van der Waals surface area contributed by atoms with E-state index in [1.54, 1.807) is 62.1 Å². The van der Waals surface area contributed by atoms with Crippen LogP contribution in [0.2, 0.25) is 0 Å². The summed E-state index contributed by atoms with van der Waals surface area (Å²) in [5.74, 6) is 0. The van der Waals surface area contributed by atoms with Crippen LogP contribution in [0.3, 0.4) is 0 Å². The second-order valence-electron chi connectivity index (χ2n) is 12.0. The number of rotatable bonds is 27. The minimum atomic E-state index is -2.36. The third-order valence-corrected chi connectivity index (χ3v) is 18.6. The van der Waals surface area contributed by atoms with Crippen LogP contribution in [-0.2, 0) is 8.82 Å². The Balaban J connectivity index is 0. The maximum absolute atomic E-state index is 4.92. The van der Waals surface area contributed by atoms with Crippen molar-refractivity contribution in [2.45, 2.75) is 157 Å². The van der Waals surface area contributed by atoms with Crippen molar-refractivity contribution in [1.29, 1.82) is 0 Å². The van der Waals surface area contributed by atoms with Crippen molar-refractivity contribution in [3.05, 3.63) is 0 Å². The van der Waals surface area contributed by atoms with Crippen LogP contribution in [0.4, 0.5) is 0 Å². The minimum absolute atomic E-state index is 0.657. The molecule has 246 valence electrons. The van der Waals surface area contributed by atoms with Gasteiger partial charge in [-0.1, -0.05) is 92.9 Å². The Morgan fingerprint density at radius 1 is 0.308 bits per heavy atom. The molecule has 39 heavy (non-hydrogen) atoms. The summed E-state index contributed by atoms with van der Waals surface area (Å²) in [6, 6.07) is 0. The van der Waals surface area contributed by atoms with Crippen molar-refractivity contribution in [3.8, 4) is 0 Å². The van der Waals surface area contributed by atoms with E-state index in [0.29, 0.717) is 0 Å². The Labute approximate surface area is 268 Å². The van der Waals surface area contributed by atoms with Gasteiger partial charge in [-0.2, -0.15) is 0 Å². The molecule has 0 aliphatic carbocycles. The van der Waals surface area contributed by atoms with Gasteiger partial charge in [0.2, 0.25) is 0 Å². The van der Waals surface area contributed by atoms with Crippen LogP contribution in [0.15, 0.2) is 0 Å². The fourth-order valence-corrected chi connectivity index (χ4v) is 16.3. The van der Waals surface area contributed by atoms with Crippen LogP contribution >= 0.6 is 55.3 Å². The van der Waals surface area contributed by atoms with Crippen LogP contribution in [0.25, 0.3) is 0 Å². The molecule has 0 heterocycles. The molecule has 0 aromatic heterocycles. The molecule has 0 nitrogen and oxygen atoms in total. The number of hydrogen-bond acceptors (Lipinski definition) is 0. The third-order valence-electron chi connectivity index (χ3n) is 8.43. The molecule has 0 bridgehead atoms. The Morgan fingerprint density at radius 2 is 0.462 bits per heavy atom. The second-order valence-corrected chi connectivity index (χ2v) is 30.7. The summed E-state index contributed by atoms with van der Waals surface area (Å²) in [4.78, 5) is 0. The molecular formula is C32H70Cl4NiP2. The Morgan fingerprint density at radius 3 is 0.641 bits per heavy atom. The number of unbranched alkanes of at least 4 members (excludes halogenated alkanes) is 11. The summed E-state index contributed by atoms with van der Waals surface area (Å²) >= 11 is 0. The molecule has 7 heteroatoms. The van der Waals surface area contributed by atoms with Crippen molar-refractivity contribution in [2.24, 2.45) is 0 Å². The van der Waals surface area contributed by atoms with Gasteiger partial charge in [0.25, 0.3) is 0 Å². The van der Waals surface area contributed by atoms with Crippen LogP contribution in [0.1, 0.15) is 157 Å². The van der Waals surface area contributed by atoms with Crippen molar-refractivity contribution >= 4 is 55.3 Å². The molecule has 0 amide bonds. The van der Waals surface area contributed by atoms with E-state index >= 15 is 0 Å². The Hall–Kier alpha value is 2.51. The van der Waals surface area contributed by atoms with Crippen LogP contribution in [0, 0.1) is 0 Å². The molecule has 0 saturated carbocycles. The average Bonchev–Trinajstić information content (AvgIpc) is 2.90. The zero-order valence-electron chi connectivity index (χ0n) is 27.1. The molecule has 0 atom stereocenters. The van der Waals surface area contributed by atoms with Gasteiger partial charge in [0, 0.05) is 14.5 Å². The van der Waals surface area contributed by atoms with E-state index in [9.17, 15) is 0 Å². The molecule has 0 aliphatic rings. The summed E-state index contributed by atoms with van der Waals surface area (Å²) < 4.78 is 0. The molecule has 0 aromatic rings. The SMILES string of the molecule is CCCC[P+](CCCC)(CCCC)CCCCCCCC[P+](CCCC)(CCCC)CCCC.[Cl][Ni-2]([Cl])([Cl])[Cl]. The summed E-state index contributed by atoms with van der Waals surface area (Å²) in [5.41, 5.74) is 0. The van der Waals surface area contributed by atoms with Crippen molar-refractivity contribution < 1.29 is 8.82 Å². The first-order chi connectivity index (χ1) is 18.6. The molecule has 0 unspecified atom stereocenters. The first kappa shape index (κ1) is 43.6. The van der Waals surface area contributed by atoms with Gasteiger partial charge in [0.15, 0.2) is 0 Å². The molecule has 0 aromatic carbocycles. The Kier molecular flexibility index (Phi) is 32.7. The molecule has 0 rings (SSSR count). The third kappa shape index (κ3) is 29.0. The topological polar surface area (TPSA) is 0 Å². The van der Waals surface area contributed by atoms with E-state index in [4.69, 9.17) is 40.8 Å². The molecule has 0 fully saturated rings. The molecule has 0 aliphatic heterocycles. The van der Waals surface area contributed by atoms with Gasteiger partial charge in [0.05, 0.1) is 49.3 Å². The zero-order valence-corrected chi connectivity index (χ0v) is 32.9. The van der Waals surface area contributed by atoms with Gasteiger partial charge < -0.3 is 0 Å². The molecule has 0 spiro atoms. The standard InChI is InChI=1S/C32H70P2.4ClH.Ni/c1-7-13-25-33(26-14-8-2,27-15-9-3)31-23-21-19-20-22-24-32-34(28-16-10-4,29-17-11-5)30-18-12-6;;;;;/h7-32H2,1-6H3;4*1H;/q+2;;;;;+2/p-4. The normalized spacial score (nSPS) is 12.9. The summed E-state index contributed by atoms with van der Waals surface area (Å²) in [5, 5.41) is 0. The predicted octanol–water partition coefficient (Wildman–Crippen LogP) is 14.9. The maximum atomic E-state index is 4.92. The fraction of sp³-hybridized carbons (Fsp3) is 1.00. The molecule has 0 saturated heterocycles. The Bertz CT molecular complexity index is 416. The molecular weight excluding hydrogens is 647 g/mol. The predicted molar refractivity (Wildman–Crippen MR) is 193 cm³/mol. The summed E-state index contributed by atoms with van der Waals surface area (Å²) in [6.45, 7) is 14.4. The van der Waals surface area contributed by atoms with Crippen LogP contribution < -0.4 is 0 Å². The van der Waals surface area contributed by atoms with Crippen molar-refractivity contribution in [1.82, 2.24) is 0 Å². The monoisotopic (exact) mass is 714 g/mol. The van der Waals surface area contributed by atoms with E-state index in [0.717, 1.165) is 0 Å². The van der Waals surface area contributed by atoms with E-state index in [1.165, 1.54) is 103 Å². The zero-order chi connectivity index (χ0) is 29.9. The first-order valence-corrected chi connectivity index (χ1v) is 27.2.